The van der Waals surface area contributed by atoms with Crippen LogP contribution in [0.4, 0.5) is 4.39 Å². The van der Waals surface area contributed by atoms with Gasteiger partial charge in [-0.3, -0.25) is 4.90 Å². The molecule has 2 rings (SSSR count). The fraction of sp³-hybridized carbons (Fsp3) is 0.538. The summed E-state index contributed by atoms with van der Waals surface area (Å²) in [5.41, 5.74) is 1.02. The Morgan fingerprint density at radius 3 is 2.94 bits per heavy atom. The maximum atomic E-state index is 13.5. The van der Waals surface area contributed by atoms with Gasteiger partial charge >= 0.3 is 0 Å². The summed E-state index contributed by atoms with van der Waals surface area (Å²) in [4.78, 5) is 2.28. The summed E-state index contributed by atoms with van der Waals surface area (Å²) in [5, 5.41) is 3.40. The first kappa shape index (κ1) is 12.8. The van der Waals surface area contributed by atoms with Crippen molar-refractivity contribution in [2.75, 3.05) is 27.2 Å². The predicted molar refractivity (Wildman–Crippen MR) is 68.8 cm³/mol. The van der Waals surface area contributed by atoms with Crippen molar-refractivity contribution in [3.05, 3.63) is 34.6 Å². The van der Waals surface area contributed by atoms with E-state index in [1.807, 2.05) is 13.1 Å². The van der Waals surface area contributed by atoms with Gasteiger partial charge in [-0.15, -0.1) is 0 Å². The van der Waals surface area contributed by atoms with Crippen LogP contribution in [0, 0.1) is 11.7 Å². The summed E-state index contributed by atoms with van der Waals surface area (Å²) in [6.45, 7) is 2.01. The smallest absolute Gasteiger partial charge is 0.142 e. The lowest BCUT2D eigenvalue weighted by molar-refractivity contribution is 0.274. The van der Waals surface area contributed by atoms with Crippen LogP contribution in [0.3, 0.4) is 0 Å². The molecular weight excluding hydrogens is 239 g/mol. The highest BCUT2D eigenvalue weighted by Crippen LogP contribution is 2.36. The number of hydrogen-bond acceptors (Lipinski definition) is 2. The fourth-order valence-electron chi connectivity index (χ4n) is 2.73. The van der Waals surface area contributed by atoms with Crippen molar-refractivity contribution in [1.82, 2.24) is 10.2 Å². The summed E-state index contributed by atoms with van der Waals surface area (Å²) in [6.07, 6.45) is 1.15. The Morgan fingerprint density at radius 1 is 1.53 bits per heavy atom. The molecule has 4 heteroatoms. The zero-order valence-electron chi connectivity index (χ0n) is 10.2. The standard InChI is InChI=1S/C13H18ClFN2/c1-16-8-10-5-6-17(2)13(10)9-3-4-11(14)12(15)7-9/h3-4,7,10,13,16H,5-6,8H2,1-2H3. The van der Waals surface area contributed by atoms with E-state index in [9.17, 15) is 4.39 Å². The first-order chi connectivity index (χ1) is 8.13. The van der Waals surface area contributed by atoms with Gasteiger partial charge in [-0.05, 0) is 57.2 Å². The second kappa shape index (κ2) is 5.34. The van der Waals surface area contributed by atoms with Crippen molar-refractivity contribution in [2.24, 2.45) is 5.92 Å². The highest BCUT2D eigenvalue weighted by Gasteiger charge is 2.32. The molecule has 0 amide bonds. The Bertz CT molecular complexity index is 395. The second-order valence-electron chi connectivity index (χ2n) is 4.71. The molecule has 0 spiro atoms. The van der Waals surface area contributed by atoms with Gasteiger partial charge in [0, 0.05) is 6.04 Å². The van der Waals surface area contributed by atoms with E-state index in [1.54, 1.807) is 12.1 Å². The van der Waals surface area contributed by atoms with E-state index in [1.165, 1.54) is 0 Å². The average Bonchev–Trinajstić information content (AvgIpc) is 2.65. The van der Waals surface area contributed by atoms with Crippen LogP contribution in [-0.2, 0) is 0 Å². The molecule has 1 aromatic carbocycles. The Labute approximate surface area is 107 Å². The molecule has 2 atom stereocenters. The molecule has 0 radical (unpaired) electrons. The monoisotopic (exact) mass is 256 g/mol. The van der Waals surface area contributed by atoms with Crippen LogP contribution in [0.1, 0.15) is 18.0 Å². The Kier molecular flexibility index (Phi) is 4.02. The number of nitrogens with zero attached hydrogens (tertiary/aromatic N) is 1. The third kappa shape index (κ3) is 2.62. The van der Waals surface area contributed by atoms with Gasteiger partial charge in [0.1, 0.15) is 5.82 Å². The molecule has 1 heterocycles. The first-order valence-electron chi connectivity index (χ1n) is 5.93. The Morgan fingerprint density at radius 2 is 2.29 bits per heavy atom. The minimum atomic E-state index is -0.326. The maximum absolute atomic E-state index is 13.5. The minimum Gasteiger partial charge on any atom is -0.319 e. The normalized spacial score (nSPS) is 25.4. The molecule has 1 saturated heterocycles. The van der Waals surface area contributed by atoms with Crippen molar-refractivity contribution < 1.29 is 4.39 Å². The molecule has 17 heavy (non-hydrogen) atoms. The van der Waals surface area contributed by atoms with Gasteiger partial charge in [-0.1, -0.05) is 17.7 Å². The van der Waals surface area contributed by atoms with Crippen molar-refractivity contribution in [2.45, 2.75) is 12.5 Å². The van der Waals surface area contributed by atoms with Gasteiger partial charge in [0.25, 0.3) is 0 Å². The lowest BCUT2D eigenvalue weighted by Gasteiger charge is -2.25. The van der Waals surface area contributed by atoms with Crippen LogP contribution in [-0.4, -0.2) is 32.1 Å². The molecule has 1 N–H and O–H groups in total. The van der Waals surface area contributed by atoms with Gasteiger partial charge in [-0.2, -0.15) is 0 Å². The lowest BCUT2D eigenvalue weighted by atomic mass is 9.93. The third-order valence-corrected chi connectivity index (χ3v) is 3.83. The molecule has 1 aliphatic heterocycles. The summed E-state index contributed by atoms with van der Waals surface area (Å²) >= 11 is 5.72. The molecule has 1 fully saturated rings. The van der Waals surface area contributed by atoms with Crippen LogP contribution < -0.4 is 5.32 Å². The van der Waals surface area contributed by atoms with Gasteiger partial charge < -0.3 is 5.32 Å². The molecule has 0 aliphatic carbocycles. The molecule has 2 nitrogen and oxygen atoms in total. The average molecular weight is 257 g/mol. The van der Waals surface area contributed by atoms with E-state index in [2.05, 4.69) is 17.3 Å². The van der Waals surface area contributed by atoms with Crippen molar-refractivity contribution in [1.29, 1.82) is 0 Å². The molecule has 0 aromatic heterocycles. The number of likely N-dealkylation sites (tertiary alicyclic amines) is 1. The van der Waals surface area contributed by atoms with Crippen molar-refractivity contribution in [3.63, 3.8) is 0 Å². The third-order valence-electron chi connectivity index (χ3n) is 3.53. The van der Waals surface area contributed by atoms with E-state index in [-0.39, 0.29) is 16.9 Å². The van der Waals surface area contributed by atoms with Gasteiger partial charge in [0.2, 0.25) is 0 Å². The molecule has 1 aliphatic rings. The lowest BCUT2D eigenvalue weighted by Crippen LogP contribution is -2.26. The van der Waals surface area contributed by atoms with E-state index >= 15 is 0 Å². The zero-order valence-corrected chi connectivity index (χ0v) is 11.0. The Balaban J connectivity index is 2.26. The van der Waals surface area contributed by atoms with E-state index < -0.39 is 0 Å². The number of halogens is 2. The van der Waals surface area contributed by atoms with Gasteiger partial charge in [-0.25, -0.2) is 4.39 Å². The fourth-order valence-corrected chi connectivity index (χ4v) is 2.84. The molecular formula is C13H18ClFN2. The predicted octanol–water partition coefficient (Wildman–Crippen LogP) is 2.69. The number of nitrogens with one attached hydrogen (secondary N) is 1. The second-order valence-corrected chi connectivity index (χ2v) is 5.11. The molecule has 1 aromatic rings. The topological polar surface area (TPSA) is 15.3 Å². The van der Waals surface area contributed by atoms with Crippen LogP contribution in [0.15, 0.2) is 18.2 Å². The van der Waals surface area contributed by atoms with Crippen LogP contribution in [0.25, 0.3) is 0 Å². The SMILES string of the molecule is CNCC1CCN(C)C1c1ccc(Cl)c(F)c1. The van der Waals surface area contributed by atoms with Crippen molar-refractivity contribution >= 4 is 11.6 Å². The van der Waals surface area contributed by atoms with Crippen LogP contribution in [0.2, 0.25) is 5.02 Å². The van der Waals surface area contributed by atoms with E-state index in [0.717, 1.165) is 25.1 Å². The van der Waals surface area contributed by atoms with Crippen LogP contribution >= 0.6 is 11.6 Å². The van der Waals surface area contributed by atoms with Gasteiger partial charge in [0.15, 0.2) is 0 Å². The first-order valence-corrected chi connectivity index (χ1v) is 6.31. The molecule has 94 valence electrons. The number of hydrogen-bond donors (Lipinski definition) is 1. The zero-order chi connectivity index (χ0) is 12.4. The number of rotatable bonds is 3. The number of benzene rings is 1. The van der Waals surface area contributed by atoms with E-state index in [0.29, 0.717) is 5.92 Å². The Hall–Kier alpha value is -0.640. The van der Waals surface area contributed by atoms with Crippen LogP contribution in [0.5, 0.6) is 0 Å². The quantitative estimate of drug-likeness (QED) is 0.895. The highest BCUT2D eigenvalue weighted by molar-refractivity contribution is 6.30. The maximum Gasteiger partial charge on any atom is 0.142 e. The van der Waals surface area contributed by atoms with Gasteiger partial charge in [0.05, 0.1) is 5.02 Å². The summed E-state index contributed by atoms with van der Waals surface area (Å²) in [7, 11) is 4.05. The summed E-state index contributed by atoms with van der Waals surface area (Å²) in [5.74, 6) is 0.207. The summed E-state index contributed by atoms with van der Waals surface area (Å²) in [6, 6.07) is 5.43. The highest BCUT2D eigenvalue weighted by atomic mass is 35.5. The van der Waals surface area contributed by atoms with Crippen molar-refractivity contribution in [3.8, 4) is 0 Å². The molecule has 0 bridgehead atoms. The molecule has 2 unspecified atom stereocenters. The largest absolute Gasteiger partial charge is 0.319 e. The van der Waals surface area contributed by atoms with E-state index in [4.69, 9.17) is 11.6 Å². The minimum absolute atomic E-state index is 0.194. The molecule has 0 saturated carbocycles. The summed E-state index contributed by atoms with van der Waals surface area (Å²) < 4.78 is 13.5.